The van der Waals surface area contributed by atoms with Crippen molar-refractivity contribution in [3.05, 3.63) is 70.7 Å². The molecule has 1 N–H and O–H groups in total. The van der Waals surface area contributed by atoms with Crippen molar-refractivity contribution in [3.63, 3.8) is 0 Å². The summed E-state index contributed by atoms with van der Waals surface area (Å²) >= 11 is 1.60. The predicted octanol–water partition coefficient (Wildman–Crippen LogP) is 3.94. The van der Waals surface area contributed by atoms with E-state index in [4.69, 9.17) is 4.98 Å². The number of rotatable bonds is 4. The zero-order valence-corrected chi connectivity index (χ0v) is 15.4. The Hall–Kier alpha value is -2.99. The summed E-state index contributed by atoms with van der Waals surface area (Å²) in [5.74, 6) is -0.116. The quantitative estimate of drug-likeness (QED) is 0.598. The smallest absolute Gasteiger partial charge is 0.252 e. The molecular weight excluding hydrogens is 344 g/mol. The lowest BCUT2D eigenvalue weighted by Gasteiger charge is -2.09. The first-order valence-electron chi connectivity index (χ1n) is 8.34. The number of amides is 1. The molecule has 0 fully saturated rings. The van der Waals surface area contributed by atoms with Gasteiger partial charge in [0.1, 0.15) is 0 Å². The number of benzene rings is 1. The molecule has 0 aliphatic heterocycles. The first kappa shape index (κ1) is 16.5. The largest absolute Gasteiger partial charge is 0.348 e. The van der Waals surface area contributed by atoms with E-state index in [-0.39, 0.29) is 5.91 Å². The van der Waals surface area contributed by atoms with Crippen LogP contribution < -0.4 is 5.32 Å². The van der Waals surface area contributed by atoms with E-state index in [1.54, 1.807) is 16.0 Å². The van der Waals surface area contributed by atoms with Gasteiger partial charge in [0, 0.05) is 13.6 Å². The molecule has 26 heavy (non-hydrogen) atoms. The maximum atomic E-state index is 12.9. The Morgan fingerprint density at radius 2 is 2.00 bits per heavy atom. The van der Waals surface area contributed by atoms with Gasteiger partial charge >= 0.3 is 0 Å². The summed E-state index contributed by atoms with van der Waals surface area (Å²) < 4.78 is 1.73. The van der Waals surface area contributed by atoms with Gasteiger partial charge in [0.15, 0.2) is 5.65 Å². The number of aryl methyl sites for hydroxylation is 2. The van der Waals surface area contributed by atoms with Gasteiger partial charge in [-0.05, 0) is 30.0 Å². The first-order valence-corrected chi connectivity index (χ1v) is 9.22. The van der Waals surface area contributed by atoms with Crippen molar-refractivity contribution in [2.75, 3.05) is 0 Å². The third kappa shape index (κ3) is 2.99. The maximum Gasteiger partial charge on any atom is 0.252 e. The van der Waals surface area contributed by atoms with Crippen LogP contribution >= 0.6 is 11.3 Å². The minimum Gasteiger partial charge on any atom is -0.348 e. The number of nitrogens with zero attached hydrogens (tertiary/aromatic N) is 3. The number of hydrogen-bond acceptors (Lipinski definition) is 4. The number of aromatic nitrogens is 3. The van der Waals surface area contributed by atoms with Gasteiger partial charge in [0.25, 0.3) is 5.91 Å². The average Bonchev–Trinajstić information content (AvgIpc) is 3.29. The van der Waals surface area contributed by atoms with Crippen molar-refractivity contribution in [1.82, 2.24) is 20.1 Å². The van der Waals surface area contributed by atoms with Crippen molar-refractivity contribution in [2.24, 2.45) is 7.05 Å². The molecule has 3 heterocycles. The minimum atomic E-state index is -0.116. The number of thiophene rings is 1. The Kier molecular flexibility index (Phi) is 4.26. The van der Waals surface area contributed by atoms with Gasteiger partial charge in [-0.2, -0.15) is 5.10 Å². The number of pyridine rings is 1. The summed E-state index contributed by atoms with van der Waals surface area (Å²) in [6.45, 7) is 2.39. The Labute approximate surface area is 155 Å². The molecule has 1 aromatic carbocycles. The molecule has 0 bridgehead atoms. The van der Waals surface area contributed by atoms with Gasteiger partial charge in [0.05, 0.1) is 27.2 Å². The van der Waals surface area contributed by atoms with E-state index < -0.39 is 0 Å². The molecule has 130 valence electrons. The normalized spacial score (nSPS) is 11.0. The molecule has 0 spiro atoms. The third-order valence-electron chi connectivity index (χ3n) is 4.28. The lowest BCUT2D eigenvalue weighted by atomic mass is 10.1. The highest BCUT2D eigenvalue weighted by molar-refractivity contribution is 7.13. The first-order chi connectivity index (χ1) is 12.6. The molecule has 4 aromatic rings. The molecule has 0 radical (unpaired) electrons. The van der Waals surface area contributed by atoms with Crippen molar-refractivity contribution >= 4 is 28.3 Å². The van der Waals surface area contributed by atoms with E-state index in [9.17, 15) is 4.79 Å². The lowest BCUT2D eigenvalue weighted by molar-refractivity contribution is 0.0952. The van der Waals surface area contributed by atoms with E-state index in [1.807, 2.05) is 67.9 Å². The number of carbonyl (C=O) groups excluding carboxylic acids is 1. The molecule has 0 aliphatic carbocycles. The Morgan fingerprint density at radius 3 is 2.73 bits per heavy atom. The zero-order chi connectivity index (χ0) is 18.1. The van der Waals surface area contributed by atoms with Crippen LogP contribution in [0.15, 0.2) is 53.9 Å². The molecule has 0 aliphatic rings. The van der Waals surface area contributed by atoms with Gasteiger partial charge in [-0.1, -0.05) is 36.4 Å². The summed E-state index contributed by atoms with van der Waals surface area (Å²) in [5.41, 5.74) is 3.99. The Morgan fingerprint density at radius 1 is 1.19 bits per heavy atom. The van der Waals surface area contributed by atoms with Crippen LogP contribution in [0.1, 0.15) is 21.6 Å². The van der Waals surface area contributed by atoms with E-state index >= 15 is 0 Å². The summed E-state index contributed by atoms with van der Waals surface area (Å²) in [6.07, 6.45) is 0. The minimum absolute atomic E-state index is 0.116. The fourth-order valence-electron chi connectivity index (χ4n) is 3.05. The van der Waals surface area contributed by atoms with E-state index in [1.165, 1.54) is 0 Å². The number of fused-ring (bicyclic) bond motifs is 1. The van der Waals surface area contributed by atoms with Crippen molar-refractivity contribution < 1.29 is 4.79 Å². The summed E-state index contributed by atoms with van der Waals surface area (Å²) in [7, 11) is 1.85. The summed E-state index contributed by atoms with van der Waals surface area (Å²) in [5, 5.41) is 10.3. The van der Waals surface area contributed by atoms with Crippen molar-refractivity contribution in [1.29, 1.82) is 0 Å². The predicted molar refractivity (Wildman–Crippen MR) is 104 cm³/mol. The SMILES string of the molecule is Cc1nn(C)c2nc(-c3cccs3)cc(C(=O)NCc3ccccc3)c12. The van der Waals surface area contributed by atoms with E-state index in [0.29, 0.717) is 12.1 Å². The van der Waals surface area contributed by atoms with Gasteiger partial charge in [-0.15, -0.1) is 11.3 Å². The molecule has 0 saturated carbocycles. The standard InChI is InChI=1S/C20H18N4OS/c1-13-18-15(20(25)21-12-14-7-4-3-5-8-14)11-16(17-9-6-10-26-17)22-19(18)24(2)23-13/h3-11H,12H2,1-2H3,(H,21,25). The molecule has 0 saturated heterocycles. The number of nitrogens with one attached hydrogen (secondary N) is 1. The third-order valence-corrected chi connectivity index (χ3v) is 5.18. The zero-order valence-electron chi connectivity index (χ0n) is 14.6. The lowest BCUT2D eigenvalue weighted by Crippen LogP contribution is -2.23. The highest BCUT2D eigenvalue weighted by Crippen LogP contribution is 2.29. The van der Waals surface area contributed by atoms with Crippen LogP contribution in [-0.4, -0.2) is 20.7 Å². The highest BCUT2D eigenvalue weighted by Gasteiger charge is 2.19. The van der Waals surface area contributed by atoms with Crippen LogP contribution in [0.5, 0.6) is 0 Å². The Bertz CT molecular complexity index is 1070. The highest BCUT2D eigenvalue weighted by atomic mass is 32.1. The summed E-state index contributed by atoms with van der Waals surface area (Å²) in [6, 6.07) is 15.7. The maximum absolute atomic E-state index is 12.9. The van der Waals surface area contributed by atoms with E-state index in [2.05, 4.69) is 10.4 Å². The van der Waals surface area contributed by atoms with Crippen molar-refractivity contribution in [3.8, 4) is 10.6 Å². The average molecular weight is 362 g/mol. The van der Waals surface area contributed by atoms with Crippen LogP contribution in [0.25, 0.3) is 21.6 Å². The molecule has 1 amide bonds. The fourth-order valence-corrected chi connectivity index (χ4v) is 3.73. The van der Waals surface area contributed by atoms with Crippen LogP contribution in [0, 0.1) is 6.92 Å². The van der Waals surface area contributed by atoms with Gasteiger partial charge in [-0.3, -0.25) is 9.48 Å². The molecule has 6 heteroatoms. The molecular formula is C20H18N4OS. The number of hydrogen-bond donors (Lipinski definition) is 1. The van der Waals surface area contributed by atoms with Gasteiger partial charge in [-0.25, -0.2) is 4.98 Å². The molecule has 4 rings (SSSR count). The second-order valence-corrected chi connectivity index (χ2v) is 7.06. The fraction of sp³-hybridized carbons (Fsp3) is 0.150. The molecule has 0 atom stereocenters. The van der Waals surface area contributed by atoms with Crippen LogP contribution in [0.3, 0.4) is 0 Å². The van der Waals surface area contributed by atoms with Gasteiger partial charge in [0.2, 0.25) is 0 Å². The second kappa shape index (κ2) is 6.72. The molecule has 3 aromatic heterocycles. The number of carbonyl (C=O) groups is 1. The molecule has 5 nitrogen and oxygen atoms in total. The second-order valence-electron chi connectivity index (χ2n) is 6.11. The topological polar surface area (TPSA) is 59.8 Å². The monoisotopic (exact) mass is 362 g/mol. The van der Waals surface area contributed by atoms with Crippen LogP contribution in [-0.2, 0) is 13.6 Å². The van der Waals surface area contributed by atoms with Crippen LogP contribution in [0.4, 0.5) is 0 Å². The van der Waals surface area contributed by atoms with Gasteiger partial charge < -0.3 is 5.32 Å². The van der Waals surface area contributed by atoms with Crippen molar-refractivity contribution in [2.45, 2.75) is 13.5 Å². The van der Waals surface area contributed by atoms with Crippen LogP contribution in [0.2, 0.25) is 0 Å². The Balaban J connectivity index is 1.76. The summed E-state index contributed by atoms with van der Waals surface area (Å²) in [4.78, 5) is 18.7. The molecule has 0 unspecified atom stereocenters. The van der Waals surface area contributed by atoms with E-state index in [0.717, 1.165) is 32.9 Å².